The van der Waals surface area contributed by atoms with Gasteiger partial charge in [-0.25, -0.2) is 18.1 Å². The molecular formula is C11H8F2N2O3. The molecule has 0 aliphatic carbocycles. The molecule has 0 spiro atoms. The largest absolute Gasteiger partial charge is 0.494 e. The van der Waals surface area contributed by atoms with Crippen LogP contribution in [-0.2, 0) is 0 Å². The van der Waals surface area contributed by atoms with Crippen LogP contribution in [0.2, 0.25) is 0 Å². The number of hydrogen-bond donors (Lipinski definition) is 2. The third-order valence-corrected chi connectivity index (χ3v) is 2.39. The van der Waals surface area contributed by atoms with E-state index in [2.05, 4.69) is 0 Å². The number of H-pyrrole nitrogens is 1. The van der Waals surface area contributed by atoms with E-state index in [1.807, 2.05) is 4.98 Å². The summed E-state index contributed by atoms with van der Waals surface area (Å²) in [5, 5.41) is 9.46. The van der Waals surface area contributed by atoms with Crippen molar-refractivity contribution in [3.63, 3.8) is 0 Å². The first-order valence-corrected chi connectivity index (χ1v) is 4.91. The molecule has 18 heavy (non-hydrogen) atoms. The zero-order valence-corrected chi connectivity index (χ0v) is 9.20. The summed E-state index contributed by atoms with van der Waals surface area (Å²) in [5.41, 5.74) is -2.30. The van der Waals surface area contributed by atoms with Gasteiger partial charge in [-0.1, -0.05) is 0 Å². The maximum absolute atomic E-state index is 13.6. The molecule has 1 aromatic carbocycles. The molecule has 0 atom stereocenters. The van der Waals surface area contributed by atoms with E-state index in [0.29, 0.717) is 10.6 Å². The minimum absolute atomic E-state index is 0.0632. The van der Waals surface area contributed by atoms with Crippen LogP contribution in [0.3, 0.4) is 0 Å². The molecule has 2 N–H and O–H groups in total. The Kier molecular flexibility index (Phi) is 2.74. The first-order valence-electron chi connectivity index (χ1n) is 4.91. The highest BCUT2D eigenvalue weighted by atomic mass is 19.1. The molecule has 94 valence electrons. The normalized spacial score (nSPS) is 10.6. The van der Waals surface area contributed by atoms with E-state index in [1.54, 1.807) is 0 Å². The van der Waals surface area contributed by atoms with Crippen molar-refractivity contribution < 1.29 is 13.9 Å². The molecule has 0 radical (unpaired) electrons. The van der Waals surface area contributed by atoms with E-state index in [0.717, 1.165) is 12.1 Å². The fourth-order valence-electron chi connectivity index (χ4n) is 1.52. The molecule has 1 heterocycles. The molecule has 0 saturated heterocycles. The van der Waals surface area contributed by atoms with Crippen molar-refractivity contribution in [1.82, 2.24) is 9.55 Å². The minimum atomic E-state index is -1.05. The van der Waals surface area contributed by atoms with Crippen LogP contribution >= 0.6 is 0 Å². The van der Waals surface area contributed by atoms with E-state index in [9.17, 15) is 23.5 Å². The Morgan fingerprint density at radius 1 is 1.17 bits per heavy atom. The van der Waals surface area contributed by atoms with E-state index >= 15 is 0 Å². The van der Waals surface area contributed by atoms with Crippen molar-refractivity contribution in [2.45, 2.75) is 6.92 Å². The van der Waals surface area contributed by atoms with Gasteiger partial charge in [-0.05, 0) is 18.6 Å². The third-order valence-electron chi connectivity index (χ3n) is 2.39. The molecule has 1 aromatic heterocycles. The number of aromatic nitrogens is 2. The molecule has 0 amide bonds. The highest BCUT2D eigenvalue weighted by molar-refractivity contribution is 5.39. The summed E-state index contributed by atoms with van der Waals surface area (Å²) in [4.78, 5) is 24.2. The predicted octanol–water partition coefficient (Wildman–Crippen LogP) is 0.818. The van der Waals surface area contributed by atoms with Crippen molar-refractivity contribution in [3.05, 3.63) is 56.2 Å². The first kappa shape index (κ1) is 12.0. The lowest BCUT2D eigenvalue weighted by Gasteiger charge is -2.09. The van der Waals surface area contributed by atoms with Crippen molar-refractivity contribution in [2.24, 2.45) is 0 Å². The first-order chi connectivity index (χ1) is 8.40. The van der Waals surface area contributed by atoms with Crippen LogP contribution in [0, 0.1) is 18.6 Å². The van der Waals surface area contributed by atoms with Gasteiger partial charge in [-0.15, -0.1) is 0 Å². The van der Waals surface area contributed by atoms with Gasteiger partial charge < -0.3 is 5.11 Å². The van der Waals surface area contributed by atoms with E-state index in [-0.39, 0.29) is 5.56 Å². The molecule has 0 bridgehead atoms. The molecular weight excluding hydrogens is 246 g/mol. The molecule has 0 unspecified atom stereocenters. The molecule has 5 nitrogen and oxygen atoms in total. The number of hydrogen-bond acceptors (Lipinski definition) is 3. The Bertz CT molecular complexity index is 734. The second-order valence-corrected chi connectivity index (χ2v) is 3.69. The molecule has 0 aliphatic heterocycles. The van der Waals surface area contributed by atoms with Crippen LogP contribution in [0.4, 0.5) is 8.78 Å². The Morgan fingerprint density at radius 3 is 2.44 bits per heavy atom. The fraction of sp³-hybridized carbons (Fsp3) is 0.0909. The van der Waals surface area contributed by atoms with Gasteiger partial charge in [0.15, 0.2) is 0 Å². The van der Waals surface area contributed by atoms with Crippen molar-refractivity contribution in [2.75, 3.05) is 0 Å². The fourth-order valence-corrected chi connectivity index (χ4v) is 1.52. The smallest absolute Gasteiger partial charge is 0.335 e. The predicted molar refractivity (Wildman–Crippen MR) is 59.0 cm³/mol. The average Bonchev–Trinajstić information content (AvgIpc) is 2.24. The zero-order valence-electron chi connectivity index (χ0n) is 9.20. The highest BCUT2D eigenvalue weighted by Gasteiger charge is 2.14. The number of aryl methyl sites for hydroxylation is 1. The van der Waals surface area contributed by atoms with Gasteiger partial charge in [0.05, 0.1) is 11.8 Å². The Balaban J connectivity index is 2.82. The lowest BCUT2D eigenvalue weighted by Crippen LogP contribution is -2.28. The lowest BCUT2D eigenvalue weighted by molar-refractivity contribution is 0.427. The lowest BCUT2D eigenvalue weighted by atomic mass is 10.2. The van der Waals surface area contributed by atoms with Gasteiger partial charge >= 0.3 is 5.69 Å². The van der Waals surface area contributed by atoms with Crippen LogP contribution < -0.4 is 11.2 Å². The summed E-state index contributed by atoms with van der Waals surface area (Å²) < 4.78 is 27.5. The highest BCUT2D eigenvalue weighted by Crippen LogP contribution is 2.19. The van der Waals surface area contributed by atoms with E-state index in [4.69, 9.17) is 0 Å². The third kappa shape index (κ3) is 1.90. The summed E-state index contributed by atoms with van der Waals surface area (Å²) in [6.07, 6.45) is 0. The Labute approximate surface area is 99.0 Å². The number of rotatable bonds is 1. The summed E-state index contributed by atoms with van der Waals surface area (Å²) >= 11 is 0. The number of aromatic amines is 1. The van der Waals surface area contributed by atoms with Gasteiger partial charge in [0.2, 0.25) is 5.88 Å². The summed E-state index contributed by atoms with van der Waals surface area (Å²) in [5.74, 6) is -2.40. The Hall–Kier alpha value is -2.44. The molecule has 2 aromatic rings. The van der Waals surface area contributed by atoms with Gasteiger partial charge in [-0.2, -0.15) is 0 Å². The number of halogens is 2. The van der Waals surface area contributed by atoms with Crippen LogP contribution in [0.5, 0.6) is 5.88 Å². The maximum Gasteiger partial charge on any atom is 0.335 e. The van der Waals surface area contributed by atoms with Crippen molar-refractivity contribution in [3.8, 4) is 11.6 Å². The van der Waals surface area contributed by atoms with Gasteiger partial charge in [0, 0.05) is 6.07 Å². The summed E-state index contributed by atoms with van der Waals surface area (Å²) in [7, 11) is 0. The number of benzene rings is 1. The van der Waals surface area contributed by atoms with Gasteiger partial charge in [0.1, 0.15) is 11.6 Å². The number of nitrogens with zero attached hydrogens (tertiary/aromatic N) is 1. The summed E-state index contributed by atoms with van der Waals surface area (Å²) in [6.45, 7) is 1.36. The minimum Gasteiger partial charge on any atom is -0.494 e. The molecule has 0 saturated carbocycles. The molecule has 7 heteroatoms. The molecule has 2 rings (SSSR count). The quantitative estimate of drug-likeness (QED) is 0.791. The monoisotopic (exact) mass is 254 g/mol. The van der Waals surface area contributed by atoms with Crippen molar-refractivity contribution in [1.29, 1.82) is 0 Å². The second-order valence-electron chi connectivity index (χ2n) is 3.69. The number of aromatic hydroxyl groups is 1. The number of nitrogens with one attached hydrogen (secondary N) is 1. The molecule has 0 aliphatic rings. The second kappa shape index (κ2) is 4.10. The van der Waals surface area contributed by atoms with Crippen LogP contribution in [0.15, 0.2) is 27.8 Å². The Morgan fingerprint density at radius 2 is 1.83 bits per heavy atom. The molecule has 0 fully saturated rings. The summed E-state index contributed by atoms with van der Waals surface area (Å²) in [6, 6.07) is 2.35. The zero-order chi connectivity index (χ0) is 13.4. The van der Waals surface area contributed by atoms with Gasteiger partial charge in [0.25, 0.3) is 5.56 Å². The van der Waals surface area contributed by atoms with Crippen LogP contribution in [-0.4, -0.2) is 14.7 Å². The average molecular weight is 254 g/mol. The maximum atomic E-state index is 13.6. The van der Waals surface area contributed by atoms with E-state index < -0.39 is 34.5 Å². The van der Waals surface area contributed by atoms with Crippen LogP contribution in [0.25, 0.3) is 5.69 Å². The van der Waals surface area contributed by atoms with Crippen LogP contribution in [0.1, 0.15) is 5.56 Å². The van der Waals surface area contributed by atoms with Gasteiger partial charge in [-0.3, -0.25) is 9.78 Å². The van der Waals surface area contributed by atoms with E-state index in [1.165, 1.54) is 6.92 Å². The topological polar surface area (TPSA) is 75.1 Å². The standard InChI is InChI=1S/C11H8F2N2O3/c1-5-2-7(13)8(3-6(5)12)15-10(17)4-9(16)14-11(15)18/h2-4,17H,1H3,(H,14,16,18). The van der Waals surface area contributed by atoms with Crippen molar-refractivity contribution >= 4 is 0 Å². The SMILES string of the molecule is Cc1cc(F)c(-n2c(O)cc(=O)[nH]c2=O)cc1F.